The number of halogens is 1. The van der Waals surface area contributed by atoms with Crippen molar-refractivity contribution in [2.45, 2.75) is 5.56 Å². The molecule has 0 saturated carbocycles. The van der Waals surface area contributed by atoms with Crippen LogP contribution < -0.4 is 9.64 Å². The Morgan fingerprint density at radius 3 is 2.71 bits per heavy atom. The predicted octanol–water partition coefficient (Wildman–Crippen LogP) is 1.29. The number of nitrogens with zero attached hydrogens (tertiary/aromatic N) is 2. The molecule has 5 heteroatoms. The average molecular weight is 215 g/mol. The number of anilines is 1. The molecule has 0 bridgehead atoms. The highest BCUT2D eigenvalue weighted by molar-refractivity contribution is 6.26. The molecule has 14 heavy (non-hydrogen) atoms. The minimum Gasteiger partial charge on any atom is -0.466 e. The minimum absolute atomic E-state index is 0.475. The summed E-state index contributed by atoms with van der Waals surface area (Å²) in [5.74, 6) is 1.29. The van der Waals surface area contributed by atoms with Crippen LogP contribution in [0.4, 0.5) is 5.82 Å². The van der Waals surface area contributed by atoms with Crippen molar-refractivity contribution in [1.82, 2.24) is 4.98 Å². The lowest BCUT2D eigenvalue weighted by Gasteiger charge is -2.12. The Morgan fingerprint density at radius 1 is 1.57 bits per heavy atom. The van der Waals surface area contributed by atoms with Gasteiger partial charge in [0.2, 0.25) is 5.56 Å². The molecule has 1 rings (SSSR count). The molecule has 1 unspecified atom stereocenters. The maximum Gasteiger partial charge on any atom is 0.227 e. The van der Waals surface area contributed by atoms with Gasteiger partial charge in [-0.05, 0) is 12.1 Å². The zero-order chi connectivity index (χ0) is 10.6. The summed E-state index contributed by atoms with van der Waals surface area (Å²) in [4.78, 5) is 16.2. The summed E-state index contributed by atoms with van der Waals surface area (Å²) < 4.78 is 5.01. The van der Waals surface area contributed by atoms with Crippen molar-refractivity contribution in [2.75, 3.05) is 19.0 Å². The molecule has 4 nitrogen and oxygen atoms in total. The summed E-state index contributed by atoms with van der Waals surface area (Å²) in [5, 5.41) is 0. The van der Waals surface area contributed by atoms with Crippen molar-refractivity contribution in [1.29, 1.82) is 0 Å². The molecule has 0 aliphatic heterocycles. The van der Waals surface area contributed by atoms with Crippen LogP contribution in [-0.2, 0) is 4.79 Å². The Kier molecular flexibility index (Phi) is 3.71. The van der Waals surface area contributed by atoms with E-state index >= 15 is 0 Å². The van der Waals surface area contributed by atoms with Gasteiger partial charge in [0.1, 0.15) is 11.6 Å². The van der Waals surface area contributed by atoms with Crippen LogP contribution in [-0.4, -0.2) is 30.9 Å². The maximum absolute atomic E-state index is 10.2. The van der Waals surface area contributed by atoms with Gasteiger partial charge in [-0.2, -0.15) is 0 Å². The van der Waals surface area contributed by atoms with E-state index in [-0.39, 0.29) is 0 Å². The molecule has 1 heterocycles. The predicted molar refractivity (Wildman–Crippen MR) is 54.9 cm³/mol. The van der Waals surface area contributed by atoms with Gasteiger partial charge in [0, 0.05) is 14.1 Å². The SMILES string of the molecule is CN(C)c1ccc(OC(Cl)C=O)cn1. The fourth-order valence-electron chi connectivity index (χ4n) is 0.865. The summed E-state index contributed by atoms with van der Waals surface area (Å²) in [6.45, 7) is 0. The Labute approximate surface area is 87.4 Å². The zero-order valence-corrected chi connectivity index (χ0v) is 8.73. The molecule has 0 spiro atoms. The van der Waals surface area contributed by atoms with Crippen molar-refractivity contribution in [3.63, 3.8) is 0 Å². The molecule has 0 radical (unpaired) electrons. The van der Waals surface area contributed by atoms with Gasteiger partial charge >= 0.3 is 0 Å². The normalized spacial score (nSPS) is 11.9. The fraction of sp³-hybridized carbons (Fsp3) is 0.333. The smallest absolute Gasteiger partial charge is 0.227 e. The molecule has 0 aromatic carbocycles. The quantitative estimate of drug-likeness (QED) is 0.560. The van der Waals surface area contributed by atoms with Crippen LogP contribution in [0, 0.1) is 0 Å². The van der Waals surface area contributed by atoms with E-state index in [0.29, 0.717) is 12.0 Å². The Bertz CT molecular complexity index is 300. The first-order valence-corrected chi connectivity index (χ1v) is 4.46. The van der Waals surface area contributed by atoms with Gasteiger partial charge in [0.05, 0.1) is 6.20 Å². The molecule has 0 fully saturated rings. The van der Waals surface area contributed by atoms with Gasteiger partial charge in [0.15, 0.2) is 6.29 Å². The molecule has 0 aliphatic rings. The third kappa shape index (κ3) is 2.88. The molecule has 1 aromatic heterocycles. The van der Waals surface area contributed by atoms with Gasteiger partial charge < -0.3 is 9.64 Å². The van der Waals surface area contributed by atoms with E-state index in [2.05, 4.69) is 4.98 Å². The number of rotatable bonds is 4. The van der Waals surface area contributed by atoms with Crippen LogP contribution >= 0.6 is 11.6 Å². The lowest BCUT2D eigenvalue weighted by Crippen LogP contribution is -2.12. The molecule has 1 aromatic rings. The standard InChI is InChI=1S/C9H11ClN2O2/c1-12(2)9-4-3-7(5-11-9)14-8(10)6-13/h3-6,8H,1-2H3. The minimum atomic E-state index is -0.956. The van der Waals surface area contributed by atoms with E-state index in [0.717, 1.165) is 5.82 Å². The van der Waals surface area contributed by atoms with Crippen LogP contribution in [0.3, 0.4) is 0 Å². The number of aromatic nitrogens is 1. The van der Waals surface area contributed by atoms with Crippen molar-refractivity contribution >= 4 is 23.7 Å². The molecular formula is C9H11ClN2O2. The van der Waals surface area contributed by atoms with E-state index < -0.39 is 5.56 Å². The Balaban J connectivity index is 2.68. The number of hydrogen-bond donors (Lipinski definition) is 0. The second-order valence-corrected chi connectivity index (χ2v) is 3.28. The number of aldehydes is 1. The maximum atomic E-state index is 10.2. The lowest BCUT2D eigenvalue weighted by atomic mass is 10.4. The first-order chi connectivity index (χ1) is 6.63. The average Bonchev–Trinajstić information content (AvgIpc) is 2.18. The first-order valence-electron chi connectivity index (χ1n) is 4.03. The van der Waals surface area contributed by atoms with Crippen molar-refractivity contribution in [3.05, 3.63) is 18.3 Å². The lowest BCUT2D eigenvalue weighted by molar-refractivity contribution is -0.110. The third-order valence-electron chi connectivity index (χ3n) is 1.53. The van der Waals surface area contributed by atoms with Gasteiger partial charge in [-0.3, -0.25) is 4.79 Å². The van der Waals surface area contributed by atoms with Crippen LogP contribution in [0.1, 0.15) is 0 Å². The summed E-state index contributed by atoms with van der Waals surface area (Å²) in [7, 11) is 3.78. The molecular weight excluding hydrogens is 204 g/mol. The molecule has 76 valence electrons. The van der Waals surface area contributed by atoms with Crippen LogP contribution in [0.25, 0.3) is 0 Å². The van der Waals surface area contributed by atoms with Crippen molar-refractivity contribution in [3.8, 4) is 5.75 Å². The Hall–Kier alpha value is -1.29. The number of carbonyl (C=O) groups is 1. The molecule has 0 N–H and O–H groups in total. The van der Waals surface area contributed by atoms with E-state index in [1.54, 1.807) is 12.1 Å². The van der Waals surface area contributed by atoms with Crippen LogP contribution in [0.15, 0.2) is 18.3 Å². The van der Waals surface area contributed by atoms with Crippen LogP contribution in [0.5, 0.6) is 5.75 Å². The van der Waals surface area contributed by atoms with Crippen LogP contribution in [0.2, 0.25) is 0 Å². The Morgan fingerprint density at radius 2 is 2.29 bits per heavy atom. The highest BCUT2D eigenvalue weighted by Gasteiger charge is 2.04. The van der Waals surface area contributed by atoms with E-state index in [4.69, 9.17) is 16.3 Å². The monoisotopic (exact) mass is 214 g/mol. The second-order valence-electron chi connectivity index (χ2n) is 2.85. The highest BCUT2D eigenvalue weighted by atomic mass is 35.5. The molecule has 1 atom stereocenters. The van der Waals surface area contributed by atoms with E-state index in [1.807, 2.05) is 19.0 Å². The molecule has 0 saturated heterocycles. The number of alkyl halides is 1. The summed E-state index contributed by atoms with van der Waals surface area (Å²) in [6.07, 6.45) is 2.04. The third-order valence-corrected chi connectivity index (χ3v) is 1.73. The zero-order valence-electron chi connectivity index (χ0n) is 7.98. The second kappa shape index (κ2) is 4.81. The number of hydrogen-bond acceptors (Lipinski definition) is 4. The fourth-order valence-corrected chi connectivity index (χ4v) is 0.967. The number of ether oxygens (including phenoxy) is 1. The summed E-state index contributed by atoms with van der Waals surface area (Å²) in [5.41, 5.74) is -0.956. The summed E-state index contributed by atoms with van der Waals surface area (Å²) in [6, 6.07) is 3.49. The van der Waals surface area contributed by atoms with Crippen molar-refractivity contribution in [2.24, 2.45) is 0 Å². The number of pyridine rings is 1. The molecule has 0 amide bonds. The first kappa shape index (κ1) is 10.8. The summed E-state index contributed by atoms with van der Waals surface area (Å²) >= 11 is 5.47. The van der Waals surface area contributed by atoms with Gasteiger partial charge in [-0.15, -0.1) is 0 Å². The van der Waals surface area contributed by atoms with Gasteiger partial charge in [-0.25, -0.2) is 4.98 Å². The van der Waals surface area contributed by atoms with Gasteiger partial charge in [0.25, 0.3) is 0 Å². The molecule has 0 aliphatic carbocycles. The van der Waals surface area contributed by atoms with E-state index in [9.17, 15) is 4.79 Å². The topological polar surface area (TPSA) is 42.4 Å². The van der Waals surface area contributed by atoms with Gasteiger partial charge in [-0.1, -0.05) is 11.6 Å². The van der Waals surface area contributed by atoms with E-state index in [1.165, 1.54) is 6.20 Å². The van der Waals surface area contributed by atoms with Crippen molar-refractivity contribution < 1.29 is 9.53 Å². The number of carbonyl (C=O) groups excluding carboxylic acids is 1. The largest absolute Gasteiger partial charge is 0.466 e. The highest BCUT2D eigenvalue weighted by Crippen LogP contribution is 2.15.